The van der Waals surface area contributed by atoms with Crippen molar-refractivity contribution >= 4 is 18.0 Å². The molecule has 0 saturated carbocycles. The molecule has 0 bridgehead atoms. The Morgan fingerprint density at radius 3 is 2.81 bits per heavy atom. The highest BCUT2D eigenvalue weighted by Gasteiger charge is 2.08. The van der Waals surface area contributed by atoms with Gasteiger partial charge in [0.25, 0.3) is 5.91 Å². The SMILES string of the molecule is CCOCCCNC(=O)c1ccc(C=CC(=O)O)c(F)c1. The van der Waals surface area contributed by atoms with Gasteiger partial charge in [-0.05, 0) is 31.6 Å². The Labute approximate surface area is 122 Å². The summed E-state index contributed by atoms with van der Waals surface area (Å²) >= 11 is 0. The van der Waals surface area contributed by atoms with Crippen molar-refractivity contribution in [2.24, 2.45) is 0 Å². The summed E-state index contributed by atoms with van der Waals surface area (Å²) in [4.78, 5) is 22.1. The summed E-state index contributed by atoms with van der Waals surface area (Å²) in [6.45, 7) is 3.53. The fourth-order valence-electron chi connectivity index (χ4n) is 1.59. The van der Waals surface area contributed by atoms with Gasteiger partial charge < -0.3 is 15.2 Å². The Morgan fingerprint density at radius 1 is 1.43 bits per heavy atom. The van der Waals surface area contributed by atoms with E-state index in [4.69, 9.17) is 9.84 Å². The Bertz CT molecular complexity index is 528. The van der Waals surface area contributed by atoms with Gasteiger partial charge in [-0.25, -0.2) is 9.18 Å². The maximum Gasteiger partial charge on any atom is 0.328 e. The maximum absolute atomic E-state index is 13.7. The van der Waals surface area contributed by atoms with Gasteiger partial charge in [0.05, 0.1) is 0 Å². The number of carboxylic acid groups (broad SMARTS) is 1. The second kappa shape index (κ2) is 8.86. The molecule has 0 unspecified atom stereocenters. The van der Waals surface area contributed by atoms with Crippen LogP contribution < -0.4 is 5.32 Å². The van der Waals surface area contributed by atoms with Gasteiger partial charge in [0, 0.05) is 37.0 Å². The van der Waals surface area contributed by atoms with Crippen molar-refractivity contribution in [1.82, 2.24) is 5.32 Å². The first-order chi connectivity index (χ1) is 10.0. The van der Waals surface area contributed by atoms with Crippen LogP contribution in [0, 0.1) is 5.82 Å². The summed E-state index contributed by atoms with van der Waals surface area (Å²) < 4.78 is 18.8. The first kappa shape index (κ1) is 16.8. The molecular formula is C15H18FNO4. The molecule has 0 saturated heterocycles. The summed E-state index contributed by atoms with van der Waals surface area (Å²) in [5.41, 5.74) is 0.307. The van der Waals surface area contributed by atoms with Crippen LogP contribution in [0.5, 0.6) is 0 Å². The third-order valence-corrected chi connectivity index (χ3v) is 2.62. The molecule has 0 aliphatic rings. The standard InChI is InChI=1S/C15H18FNO4/c1-2-21-9-3-8-17-15(20)12-5-4-11(13(16)10-12)6-7-14(18)19/h4-7,10H,2-3,8-9H2,1H3,(H,17,20)(H,18,19). The normalized spacial score (nSPS) is 10.8. The van der Waals surface area contributed by atoms with Gasteiger partial charge >= 0.3 is 5.97 Å². The molecule has 0 heterocycles. The molecule has 0 atom stereocenters. The number of hydrogen-bond acceptors (Lipinski definition) is 3. The van der Waals surface area contributed by atoms with E-state index in [9.17, 15) is 14.0 Å². The fourth-order valence-corrected chi connectivity index (χ4v) is 1.59. The molecule has 0 radical (unpaired) electrons. The monoisotopic (exact) mass is 295 g/mol. The fraction of sp³-hybridized carbons (Fsp3) is 0.333. The predicted molar refractivity (Wildman–Crippen MR) is 76.5 cm³/mol. The van der Waals surface area contributed by atoms with E-state index in [1.165, 1.54) is 12.1 Å². The van der Waals surface area contributed by atoms with Crippen LogP contribution in [-0.4, -0.2) is 36.7 Å². The van der Waals surface area contributed by atoms with Crippen molar-refractivity contribution < 1.29 is 23.8 Å². The molecule has 21 heavy (non-hydrogen) atoms. The average molecular weight is 295 g/mol. The van der Waals surface area contributed by atoms with Gasteiger partial charge in [0.1, 0.15) is 5.82 Å². The Hall–Kier alpha value is -2.21. The van der Waals surface area contributed by atoms with Crippen molar-refractivity contribution in [3.05, 3.63) is 41.2 Å². The number of rotatable bonds is 8. The molecule has 1 aromatic rings. The first-order valence-electron chi connectivity index (χ1n) is 6.61. The number of carboxylic acids is 1. The molecule has 114 valence electrons. The molecular weight excluding hydrogens is 277 g/mol. The molecule has 0 aliphatic heterocycles. The summed E-state index contributed by atoms with van der Waals surface area (Å²) in [6, 6.07) is 3.89. The largest absolute Gasteiger partial charge is 0.478 e. The van der Waals surface area contributed by atoms with Crippen molar-refractivity contribution in [2.45, 2.75) is 13.3 Å². The van der Waals surface area contributed by atoms with Crippen LogP contribution in [0.1, 0.15) is 29.3 Å². The number of carbonyl (C=O) groups is 2. The Morgan fingerprint density at radius 2 is 2.19 bits per heavy atom. The highest BCUT2D eigenvalue weighted by Crippen LogP contribution is 2.12. The van der Waals surface area contributed by atoms with Gasteiger partial charge in [0.15, 0.2) is 0 Å². The van der Waals surface area contributed by atoms with E-state index in [1.807, 2.05) is 6.92 Å². The molecule has 0 spiro atoms. The van der Waals surface area contributed by atoms with Gasteiger partial charge in [-0.2, -0.15) is 0 Å². The molecule has 0 fully saturated rings. The van der Waals surface area contributed by atoms with Crippen molar-refractivity contribution in [3.8, 4) is 0 Å². The molecule has 2 N–H and O–H groups in total. The zero-order chi connectivity index (χ0) is 15.7. The maximum atomic E-state index is 13.7. The van der Waals surface area contributed by atoms with Crippen LogP contribution in [0.4, 0.5) is 4.39 Å². The number of aliphatic carboxylic acids is 1. The van der Waals surface area contributed by atoms with E-state index in [0.717, 1.165) is 18.2 Å². The zero-order valence-corrected chi connectivity index (χ0v) is 11.8. The van der Waals surface area contributed by atoms with Crippen LogP contribution >= 0.6 is 0 Å². The van der Waals surface area contributed by atoms with Gasteiger partial charge in [-0.15, -0.1) is 0 Å². The van der Waals surface area contributed by atoms with Crippen LogP contribution in [0.2, 0.25) is 0 Å². The number of ether oxygens (including phenoxy) is 1. The average Bonchev–Trinajstić information content (AvgIpc) is 2.45. The lowest BCUT2D eigenvalue weighted by molar-refractivity contribution is -0.131. The minimum atomic E-state index is -1.16. The van der Waals surface area contributed by atoms with Crippen LogP contribution in [-0.2, 0) is 9.53 Å². The van der Waals surface area contributed by atoms with E-state index in [0.29, 0.717) is 26.2 Å². The van der Waals surface area contributed by atoms with Crippen molar-refractivity contribution in [3.63, 3.8) is 0 Å². The molecule has 6 heteroatoms. The van der Waals surface area contributed by atoms with Gasteiger partial charge in [-0.3, -0.25) is 4.79 Å². The summed E-state index contributed by atoms with van der Waals surface area (Å²) in [5.74, 6) is -2.18. The van der Waals surface area contributed by atoms with E-state index < -0.39 is 11.8 Å². The second-order valence-electron chi connectivity index (χ2n) is 4.21. The number of nitrogens with one attached hydrogen (secondary N) is 1. The number of benzene rings is 1. The highest BCUT2D eigenvalue weighted by molar-refractivity contribution is 5.94. The Kier molecular flexibility index (Phi) is 7.11. The highest BCUT2D eigenvalue weighted by atomic mass is 19.1. The number of amides is 1. The number of carbonyl (C=O) groups excluding carboxylic acids is 1. The first-order valence-corrected chi connectivity index (χ1v) is 6.61. The van der Waals surface area contributed by atoms with E-state index in [1.54, 1.807) is 0 Å². The molecule has 5 nitrogen and oxygen atoms in total. The summed E-state index contributed by atoms with van der Waals surface area (Å²) in [7, 11) is 0. The lowest BCUT2D eigenvalue weighted by Gasteiger charge is -2.06. The van der Waals surface area contributed by atoms with Crippen LogP contribution in [0.15, 0.2) is 24.3 Å². The summed E-state index contributed by atoms with van der Waals surface area (Å²) in [6.07, 6.45) is 2.66. The molecule has 1 aromatic carbocycles. The second-order valence-corrected chi connectivity index (χ2v) is 4.21. The van der Waals surface area contributed by atoms with Crippen LogP contribution in [0.3, 0.4) is 0 Å². The van der Waals surface area contributed by atoms with E-state index >= 15 is 0 Å². The van der Waals surface area contributed by atoms with Crippen molar-refractivity contribution in [1.29, 1.82) is 0 Å². The lowest BCUT2D eigenvalue weighted by Crippen LogP contribution is -2.25. The molecule has 0 aliphatic carbocycles. The number of halogens is 1. The van der Waals surface area contributed by atoms with Gasteiger partial charge in [0.2, 0.25) is 0 Å². The number of hydrogen-bond donors (Lipinski definition) is 2. The smallest absolute Gasteiger partial charge is 0.328 e. The molecule has 1 rings (SSSR count). The topological polar surface area (TPSA) is 75.6 Å². The van der Waals surface area contributed by atoms with E-state index in [2.05, 4.69) is 5.32 Å². The Balaban J connectivity index is 2.57. The van der Waals surface area contributed by atoms with Gasteiger partial charge in [-0.1, -0.05) is 6.07 Å². The zero-order valence-electron chi connectivity index (χ0n) is 11.8. The third-order valence-electron chi connectivity index (χ3n) is 2.62. The molecule has 1 amide bonds. The minimum absolute atomic E-state index is 0.116. The van der Waals surface area contributed by atoms with Crippen LogP contribution in [0.25, 0.3) is 6.08 Å². The van der Waals surface area contributed by atoms with E-state index in [-0.39, 0.29) is 17.0 Å². The molecule has 0 aromatic heterocycles. The predicted octanol–water partition coefficient (Wildman–Crippen LogP) is 2.08. The summed E-state index contributed by atoms with van der Waals surface area (Å²) in [5, 5.41) is 11.1. The van der Waals surface area contributed by atoms with Crippen molar-refractivity contribution in [2.75, 3.05) is 19.8 Å². The minimum Gasteiger partial charge on any atom is -0.478 e. The lowest BCUT2D eigenvalue weighted by atomic mass is 10.1. The quantitative estimate of drug-likeness (QED) is 0.569. The third kappa shape index (κ3) is 6.18.